The zero-order valence-corrected chi connectivity index (χ0v) is 5.18. The van der Waals surface area contributed by atoms with Gasteiger partial charge in [0.15, 0.2) is 0 Å². The normalized spacial score (nSPS) is 7.62. The van der Waals surface area contributed by atoms with Crippen LogP contribution in [0.15, 0.2) is 0 Å². The third-order valence-corrected chi connectivity index (χ3v) is 0.430. The molecule has 3 nitrogen and oxygen atoms in total. The molecule has 44 valence electrons. The maximum absolute atomic E-state index is 9.63. The van der Waals surface area contributed by atoms with Crippen LogP contribution >= 0.6 is 0 Å². The molecule has 0 rings (SSSR count). The summed E-state index contributed by atoms with van der Waals surface area (Å²) in [6, 6.07) is 0. The Morgan fingerprint density at radius 2 is 2.38 bits per heavy atom. The van der Waals surface area contributed by atoms with Crippen LogP contribution in [0.3, 0.4) is 0 Å². The van der Waals surface area contributed by atoms with Gasteiger partial charge in [-0.25, -0.2) is 4.79 Å². The fraction of sp³-hybridized carbons (Fsp3) is 0.750. The van der Waals surface area contributed by atoms with E-state index in [9.17, 15) is 4.79 Å². The number of aliphatic carboxylic acids is 1. The van der Waals surface area contributed by atoms with Crippen molar-refractivity contribution in [3.63, 3.8) is 0 Å². The van der Waals surface area contributed by atoms with Crippen LogP contribution in [0.4, 0.5) is 0 Å². The second-order valence-electron chi connectivity index (χ2n) is 1.03. The third-order valence-electron chi connectivity index (χ3n) is 0.430. The van der Waals surface area contributed by atoms with Crippen LogP contribution in [0.1, 0.15) is 8.35 Å². The van der Waals surface area contributed by atoms with E-state index in [1.807, 2.05) is 0 Å². The zero-order chi connectivity index (χ0) is 5.70. The molecule has 0 heterocycles. The molecule has 0 unspecified atom stereocenters. The number of ether oxygens (including phenoxy) is 1. The van der Waals surface area contributed by atoms with Crippen LogP contribution in [0.2, 0.25) is 0 Å². The SMILES string of the molecule is CCOCC(=O)O.[H-].[Li+]. The number of carboxylic acid groups (broad SMARTS) is 1. The predicted molar refractivity (Wildman–Crippen MR) is 25.2 cm³/mol. The average Bonchev–Trinajstić information content (AvgIpc) is 1.61. The maximum Gasteiger partial charge on any atom is 1.00 e. The molecule has 0 aliphatic carbocycles. The number of hydrogen-bond acceptors (Lipinski definition) is 2. The molecule has 8 heavy (non-hydrogen) atoms. The Labute approximate surface area is 61.7 Å². The smallest absolute Gasteiger partial charge is 1.00 e. The van der Waals surface area contributed by atoms with Crippen molar-refractivity contribution in [3.8, 4) is 0 Å². The molecule has 1 N–H and O–H groups in total. The summed E-state index contributed by atoms with van der Waals surface area (Å²) in [5, 5.41) is 7.92. The van der Waals surface area contributed by atoms with E-state index in [0.29, 0.717) is 6.61 Å². The van der Waals surface area contributed by atoms with E-state index in [2.05, 4.69) is 4.74 Å². The summed E-state index contributed by atoms with van der Waals surface area (Å²) in [6.45, 7) is 2.03. The van der Waals surface area contributed by atoms with E-state index < -0.39 is 5.97 Å². The Kier molecular flexibility index (Phi) is 9.59. The standard InChI is InChI=1S/C4H8O3.Li.H/c1-2-7-3-4(5)6;;/h2-3H2,1H3,(H,5,6);;/q;+1;-1. The van der Waals surface area contributed by atoms with Crippen molar-refractivity contribution < 1.29 is 34.9 Å². The predicted octanol–water partition coefficient (Wildman–Crippen LogP) is -2.78. The molecule has 0 aromatic carbocycles. The van der Waals surface area contributed by atoms with Crippen molar-refractivity contribution in [2.75, 3.05) is 13.2 Å². The average molecular weight is 112 g/mol. The number of rotatable bonds is 3. The summed E-state index contributed by atoms with van der Waals surface area (Å²) in [5.41, 5.74) is 0. The van der Waals surface area contributed by atoms with Gasteiger partial charge in [-0.05, 0) is 6.92 Å². The van der Waals surface area contributed by atoms with E-state index in [1.54, 1.807) is 6.92 Å². The minimum Gasteiger partial charge on any atom is -1.00 e. The quantitative estimate of drug-likeness (QED) is 0.402. The van der Waals surface area contributed by atoms with E-state index in [-0.39, 0.29) is 26.9 Å². The van der Waals surface area contributed by atoms with Gasteiger partial charge in [0, 0.05) is 6.61 Å². The molecule has 0 aliphatic rings. The first-order chi connectivity index (χ1) is 3.27. The molecule has 0 spiro atoms. The molecule has 0 aliphatic heterocycles. The van der Waals surface area contributed by atoms with Gasteiger partial charge in [-0.1, -0.05) is 0 Å². The van der Waals surface area contributed by atoms with Crippen molar-refractivity contribution >= 4 is 5.97 Å². The van der Waals surface area contributed by atoms with E-state index in [1.165, 1.54) is 0 Å². The summed E-state index contributed by atoms with van der Waals surface area (Å²) in [5.74, 6) is -0.915. The summed E-state index contributed by atoms with van der Waals surface area (Å²) < 4.78 is 4.50. The molecule has 0 atom stereocenters. The van der Waals surface area contributed by atoms with Crippen LogP contribution in [-0.4, -0.2) is 24.3 Å². The van der Waals surface area contributed by atoms with Crippen molar-refractivity contribution in [1.29, 1.82) is 0 Å². The van der Waals surface area contributed by atoms with Gasteiger partial charge in [0.1, 0.15) is 6.61 Å². The first-order valence-corrected chi connectivity index (χ1v) is 2.07. The van der Waals surface area contributed by atoms with E-state index in [0.717, 1.165) is 0 Å². The van der Waals surface area contributed by atoms with Gasteiger partial charge in [-0.3, -0.25) is 0 Å². The topological polar surface area (TPSA) is 46.5 Å². The molecule has 0 amide bonds. The Morgan fingerprint density at radius 3 is 2.50 bits per heavy atom. The molecule has 0 radical (unpaired) electrons. The molecular weight excluding hydrogens is 103 g/mol. The molecule has 0 saturated carbocycles. The van der Waals surface area contributed by atoms with Crippen LogP contribution in [0.25, 0.3) is 0 Å². The Bertz CT molecular complexity index is 68.8. The van der Waals surface area contributed by atoms with Gasteiger partial charge in [0.2, 0.25) is 0 Å². The fourth-order valence-electron chi connectivity index (χ4n) is 0.189. The molecule has 0 fully saturated rings. The second-order valence-corrected chi connectivity index (χ2v) is 1.03. The van der Waals surface area contributed by atoms with Crippen molar-refractivity contribution in [2.24, 2.45) is 0 Å². The molecule has 0 saturated heterocycles. The van der Waals surface area contributed by atoms with Gasteiger partial charge in [0.25, 0.3) is 0 Å². The summed E-state index contributed by atoms with van der Waals surface area (Å²) in [6.07, 6.45) is 0. The van der Waals surface area contributed by atoms with Crippen LogP contribution in [0.5, 0.6) is 0 Å². The van der Waals surface area contributed by atoms with E-state index in [4.69, 9.17) is 5.11 Å². The Morgan fingerprint density at radius 1 is 1.88 bits per heavy atom. The summed E-state index contributed by atoms with van der Waals surface area (Å²) in [4.78, 5) is 9.63. The number of hydrogen-bond donors (Lipinski definition) is 1. The minimum atomic E-state index is -0.915. The second kappa shape index (κ2) is 7.03. The van der Waals surface area contributed by atoms with Gasteiger partial charge in [0.05, 0.1) is 0 Å². The molecule has 0 aromatic heterocycles. The molecule has 0 bridgehead atoms. The Balaban J connectivity index is -0.000000180. The first-order valence-electron chi connectivity index (χ1n) is 2.07. The van der Waals surface area contributed by atoms with Crippen LogP contribution in [-0.2, 0) is 9.53 Å². The maximum atomic E-state index is 9.63. The van der Waals surface area contributed by atoms with Gasteiger partial charge < -0.3 is 11.3 Å². The minimum absolute atomic E-state index is 0. The third kappa shape index (κ3) is 9.39. The molecule has 0 aromatic rings. The van der Waals surface area contributed by atoms with E-state index >= 15 is 0 Å². The Hall–Kier alpha value is 0.0274. The number of carboxylic acids is 1. The molecule has 4 heteroatoms. The fourth-order valence-corrected chi connectivity index (χ4v) is 0.189. The van der Waals surface area contributed by atoms with Crippen molar-refractivity contribution in [1.82, 2.24) is 0 Å². The van der Waals surface area contributed by atoms with Gasteiger partial charge >= 0.3 is 24.8 Å². The van der Waals surface area contributed by atoms with Crippen molar-refractivity contribution in [2.45, 2.75) is 6.92 Å². The summed E-state index contributed by atoms with van der Waals surface area (Å²) in [7, 11) is 0. The zero-order valence-electron chi connectivity index (χ0n) is 6.18. The van der Waals surface area contributed by atoms with Gasteiger partial charge in [-0.2, -0.15) is 0 Å². The number of carbonyl (C=O) groups is 1. The molecular formula is C4H9LiO3. The monoisotopic (exact) mass is 112 g/mol. The van der Waals surface area contributed by atoms with Crippen LogP contribution < -0.4 is 18.9 Å². The van der Waals surface area contributed by atoms with Crippen molar-refractivity contribution in [3.05, 3.63) is 0 Å². The first kappa shape index (κ1) is 10.9. The van der Waals surface area contributed by atoms with Gasteiger partial charge in [-0.15, -0.1) is 0 Å². The summed E-state index contributed by atoms with van der Waals surface area (Å²) >= 11 is 0. The van der Waals surface area contributed by atoms with Crippen LogP contribution in [0, 0.1) is 0 Å². The largest absolute Gasteiger partial charge is 1.00 e.